The highest BCUT2D eigenvalue weighted by molar-refractivity contribution is 6.25. The van der Waals surface area contributed by atoms with Gasteiger partial charge >= 0.3 is 6.03 Å². The minimum Gasteiger partial charge on any atom is -0.299 e. The lowest BCUT2D eigenvalue weighted by molar-refractivity contribution is -0.146. The van der Waals surface area contributed by atoms with Crippen LogP contribution in [-0.4, -0.2) is 35.6 Å². The Morgan fingerprint density at radius 1 is 1.38 bits per heavy atom. The fraction of sp³-hybridized carbons (Fsp3) is 0.429. The molecule has 13 heavy (non-hydrogen) atoms. The summed E-state index contributed by atoms with van der Waals surface area (Å²) in [5.41, 5.74) is 0. The van der Waals surface area contributed by atoms with Gasteiger partial charge in [0.1, 0.15) is 0 Å². The molecule has 1 fully saturated rings. The van der Waals surface area contributed by atoms with E-state index in [1.807, 2.05) is 5.32 Å². The average molecular weight is 184 g/mol. The van der Waals surface area contributed by atoms with Crippen LogP contribution in [0.3, 0.4) is 0 Å². The van der Waals surface area contributed by atoms with Gasteiger partial charge in [-0.15, -0.1) is 0 Å². The van der Waals surface area contributed by atoms with Crippen LogP contribution in [0.25, 0.3) is 0 Å². The molecule has 1 atom stereocenters. The molecule has 0 bridgehead atoms. The average Bonchev–Trinajstić information content (AvgIpc) is 1.99. The van der Waals surface area contributed by atoms with E-state index in [9.17, 15) is 19.2 Å². The lowest BCUT2D eigenvalue weighted by Crippen LogP contribution is -2.58. The molecular weight excluding hydrogens is 176 g/mol. The number of urea groups is 1. The molecule has 4 amide bonds. The summed E-state index contributed by atoms with van der Waals surface area (Å²) < 4.78 is 0. The quantitative estimate of drug-likeness (QED) is 0.524. The number of carbonyl (C=O) groups excluding carboxylic acids is 4. The first-order valence-electron chi connectivity index (χ1n) is 3.58. The van der Waals surface area contributed by atoms with Gasteiger partial charge in [-0.3, -0.25) is 24.6 Å². The highest BCUT2D eigenvalue weighted by Gasteiger charge is 2.41. The van der Waals surface area contributed by atoms with Gasteiger partial charge in [-0.25, -0.2) is 4.79 Å². The van der Waals surface area contributed by atoms with Gasteiger partial charge in [0.25, 0.3) is 5.91 Å². The van der Waals surface area contributed by atoms with Crippen molar-refractivity contribution in [1.29, 1.82) is 0 Å². The molecule has 0 aliphatic carbocycles. The first kappa shape index (κ1) is 9.37. The van der Waals surface area contributed by atoms with Crippen LogP contribution in [0.1, 0.15) is 6.92 Å². The number of ketones is 1. The summed E-state index contributed by atoms with van der Waals surface area (Å²) in [6.07, 6.45) is 0. The molecule has 6 heteroatoms. The van der Waals surface area contributed by atoms with E-state index in [0.29, 0.717) is 4.90 Å². The van der Waals surface area contributed by atoms with Gasteiger partial charge in [-0.1, -0.05) is 0 Å². The molecule has 1 N–H and O–H groups in total. The Bertz CT molecular complexity index is 310. The highest BCUT2D eigenvalue weighted by atomic mass is 16.2. The van der Waals surface area contributed by atoms with E-state index in [-0.39, 0.29) is 0 Å². The lowest BCUT2D eigenvalue weighted by Gasteiger charge is -2.25. The van der Waals surface area contributed by atoms with Gasteiger partial charge < -0.3 is 0 Å². The Kier molecular flexibility index (Phi) is 2.14. The molecule has 0 radical (unpaired) electrons. The van der Waals surface area contributed by atoms with Gasteiger partial charge in [0.05, 0.1) is 0 Å². The third kappa shape index (κ3) is 1.42. The van der Waals surface area contributed by atoms with Crippen molar-refractivity contribution in [3.05, 3.63) is 0 Å². The maximum atomic E-state index is 11.2. The van der Waals surface area contributed by atoms with Gasteiger partial charge in [0.15, 0.2) is 11.7 Å². The number of Topliss-reactive ketones (excluding diaryl/α,β-unsaturated/α-hetero) is 1. The first-order valence-corrected chi connectivity index (χ1v) is 3.58. The van der Waals surface area contributed by atoms with E-state index < -0.39 is 29.5 Å². The normalized spacial score (nSPS) is 23.1. The molecular formula is C7H8N2O4. The standard InChI is InChI=1S/C7H8N2O4/c1-3(10)4-5(11)8-7(13)9(2)6(4)12/h4H,1-2H3,(H,8,11,13). The fourth-order valence-corrected chi connectivity index (χ4v) is 1.03. The van der Waals surface area contributed by atoms with Crippen LogP contribution < -0.4 is 5.32 Å². The third-order valence-corrected chi connectivity index (χ3v) is 1.78. The van der Waals surface area contributed by atoms with Gasteiger partial charge in [0.2, 0.25) is 5.91 Å². The molecule has 1 aliphatic heterocycles. The van der Waals surface area contributed by atoms with Crippen molar-refractivity contribution in [2.24, 2.45) is 5.92 Å². The van der Waals surface area contributed by atoms with Crippen molar-refractivity contribution in [3.8, 4) is 0 Å². The Hall–Kier alpha value is -1.72. The zero-order valence-corrected chi connectivity index (χ0v) is 7.16. The summed E-state index contributed by atoms with van der Waals surface area (Å²) in [6, 6.07) is -0.799. The predicted molar refractivity (Wildman–Crippen MR) is 40.5 cm³/mol. The maximum Gasteiger partial charge on any atom is 0.330 e. The number of imide groups is 2. The van der Waals surface area contributed by atoms with Crippen molar-refractivity contribution < 1.29 is 19.2 Å². The summed E-state index contributed by atoms with van der Waals surface area (Å²) in [5, 5.41) is 1.90. The molecule has 1 unspecified atom stereocenters. The van der Waals surface area contributed by atoms with Crippen LogP contribution in [0.5, 0.6) is 0 Å². The largest absolute Gasteiger partial charge is 0.330 e. The summed E-state index contributed by atoms with van der Waals surface area (Å²) in [6.45, 7) is 1.13. The fourth-order valence-electron chi connectivity index (χ4n) is 1.03. The lowest BCUT2D eigenvalue weighted by atomic mass is 10.0. The van der Waals surface area contributed by atoms with Crippen LogP contribution >= 0.6 is 0 Å². The van der Waals surface area contributed by atoms with E-state index in [4.69, 9.17) is 0 Å². The summed E-state index contributed by atoms with van der Waals surface area (Å²) in [7, 11) is 1.21. The molecule has 70 valence electrons. The van der Waals surface area contributed by atoms with Crippen LogP contribution in [0.15, 0.2) is 0 Å². The number of barbiturate groups is 1. The Labute approximate surface area is 73.9 Å². The van der Waals surface area contributed by atoms with E-state index in [0.717, 1.165) is 6.92 Å². The smallest absolute Gasteiger partial charge is 0.299 e. The topological polar surface area (TPSA) is 83.6 Å². The molecule has 1 saturated heterocycles. The van der Waals surface area contributed by atoms with Crippen LogP contribution in [0.4, 0.5) is 4.79 Å². The SMILES string of the molecule is CC(=O)C1C(=O)NC(=O)N(C)C1=O. The van der Waals surface area contributed by atoms with E-state index in [1.165, 1.54) is 7.05 Å². The zero-order chi connectivity index (χ0) is 10.2. The maximum absolute atomic E-state index is 11.2. The number of hydrogen-bond acceptors (Lipinski definition) is 4. The van der Waals surface area contributed by atoms with Crippen LogP contribution in [0, 0.1) is 5.92 Å². The van der Waals surface area contributed by atoms with Gasteiger partial charge in [0, 0.05) is 7.05 Å². The minimum atomic E-state index is -1.37. The molecule has 1 aliphatic rings. The second-order valence-electron chi connectivity index (χ2n) is 2.74. The Morgan fingerprint density at radius 3 is 2.38 bits per heavy atom. The van der Waals surface area contributed by atoms with E-state index in [1.54, 1.807) is 0 Å². The Morgan fingerprint density at radius 2 is 1.92 bits per heavy atom. The molecule has 0 aromatic carbocycles. The summed E-state index contributed by atoms with van der Waals surface area (Å²) >= 11 is 0. The summed E-state index contributed by atoms with van der Waals surface area (Å²) in [4.78, 5) is 44.6. The van der Waals surface area contributed by atoms with Gasteiger partial charge in [-0.05, 0) is 6.92 Å². The predicted octanol–water partition coefficient (Wildman–Crippen LogP) is -1.10. The van der Waals surface area contributed by atoms with E-state index in [2.05, 4.69) is 0 Å². The number of nitrogens with zero attached hydrogens (tertiary/aromatic N) is 1. The van der Waals surface area contributed by atoms with Crippen molar-refractivity contribution in [2.75, 3.05) is 7.05 Å². The first-order chi connectivity index (χ1) is 5.95. The zero-order valence-electron chi connectivity index (χ0n) is 7.16. The molecule has 6 nitrogen and oxygen atoms in total. The van der Waals surface area contributed by atoms with Crippen molar-refractivity contribution in [3.63, 3.8) is 0 Å². The second-order valence-corrected chi connectivity index (χ2v) is 2.74. The molecule has 0 spiro atoms. The molecule has 0 aromatic rings. The second kappa shape index (κ2) is 2.96. The van der Waals surface area contributed by atoms with Crippen molar-refractivity contribution >= 4 is 23.6 Å². The molecule has 1 rings (SSSR count). The summed E-state index contributed by atoms with van der Waals surface area (Å²) in [5.74, 6) is -3.56. The Balaban J connectivity index is 2.99. The highest BCUT2D eigenvalue weighted by Crippen LogP contribution is 2.09. The molecule has 0 saturated carbocycles. The third-order valence-electron chi connectivity index (χ3n) is 1.78. The van der Waals surface area contributed by atoms with E-state index >= 15 is 0 Å². The minimum absolute atomic E-state index is 0.568. The number of nitrogens with one attached hydrogen (secondary N) is 1. The van der Waals surface area contributed by atoms with Crippen molar-refractivity contribution in [2.45, 2.75) is 6.92 Å². The number of carbonyl (C=O) groups is 4. The van der Waals surface area contributed by atoms with Crippen molar-refractivity contribution in [1.82, 2.24) is 10.2 Å². The monoisotopic (exact) mass is 184 g/mol. The van der Waals surface area contributed by atoms with Crippen LogP contribution in [-0.2, 0) is 14.4 Å². The molecule has 0 aromatic heterocycles. The number of amides is 4. The number of rotatable bonds is 1. The van der Waals surface area contributed by atoms with Crippen LogP contribution in [0.2, 0.25) is 0 Å². The molecule has 1 heterocycles. The number of hydrogen-bond donors (Lipinski definition) is 1. The van der Waals surface area contributed by atoms with Gasteiger partial charge in [-0.2, -0.15) is 0 Å².